The Morgan fingerprint density at radius 3 is 3.00 bits per heavy atom. The van der Waals surface area contributed by atoms with Gasteiger partial charge in [0.1, 0.15) is 11.3 Å². The van der Waals surface area contributed by atoms with Gasteiger partial charge in [-0.15, -0.1) is 0 Å². The molecule has 7 heteroatoms. The van der Waals surface area contributed by atoms with Crippen molar-refractivity contribution in [3.63, 3.8) is 0 Å². The lowest BCUT2D eigenvalue weighted by Gasteiger charge is -2.34. The molecule has 0 amide bonds. The highest BCUT2D eigenvalue weighted by atomic mass is 16.1. The van der Waals surface area contributed by atoms with Gasteiger partial charge < -0.3 is 14.5 Å². The molecule has 1 fully saturated rings. The first-order valence-electron chi connectivity index (χ1n) is 7.81. The molecule has 1 saturated heterocycles. The summed E-state index contributed by atoms with van der Waals surface area (Å²) in [6.07, 6.45) is 9.18. The van der Waals surface area contributed by atoms with Gasteiger partial charge >= 0.3 is 0 Å². The monoisotopic (exact) mass is 310 g/mol. The van der Waals surface area contributed by atoms with E-state index in [1.807, 2.05) is 19.3 Å². The maximum Gasteiger partial charge on any atom is 0.258 e. The second-order valence-electron chi connectivity index (χ2n) is 5.89. The van der Waals surface area contributed by atoms with Crippen molar-refractivity contribution in [3.05, 3.63) is 47.2 Å². The molecule has 118 valence electrons. The Balaban J connectivity index is 1.72. The largest absolute Gasteiger partial charge is 0.353 e. The van der Waals surface area contributed by atoms with Crippen molar-refractivity contribution in [1.82, 2.24) is 24.5 Å². The standard InChI is InChI=1S/C16H18N6O/c1-11-17-6-8-22(11)12-3-2-7-21(9-12)15-14-13(4-5-18-15)16(23)20-10-19-14/h4-6,8,10,12H,2-3,7,9H2,1H3,(H,19,20,23). The fourth-order valence-corrected chi connectivity index (χ4v) is 3.37. The fourth-order valence-electron chi connectivity index (χ4n) is 3.37. The smallest absolute Gasteiger partial charge is 0.258 e. The molecule has 4 heterocycles. The van der Waals surface area contributed by atoms with Gasteiger partial charge in [-0.25, -0.2) is 15.0 Å². The molecule has 0 radical (unpaired) electrons. The first-order valence-corrected chi connectivity index (χ1v) is 7.81. The van der Waals surface area contributed by atoms with Crippen molar-refractivity contribution in [3.8, 4) is 0 Å². The van der Waals surface area contributed by atoms with Gasteiger partial charge in [-0.1, -0.05) is 0 Å². The highest BCUT2D eigenvalue weighted by Gasteiger charge is 2.24. The summed E-state index contributed by atoms with van der Waals surface area (Å²) in [4.78, 5) is 30.0. The topological polar surface area (TPSA) is 79.7 Å². The number of rotatable bonds is 2. The molecule has 0 bridgehead atoms. The molecule has 23 heavy (non-hydrogen) atoms. The van der Waals surface area contributed by atoms with Crippen molar-refractivity contribution >= 4 is 16.7 Å². The predicted molar refractivity (Wildman–Crippen MR) is 87.6 cm³/mol. The normalized spacial score (nSPS) is 18.5. The van der Waals surface area contributed by atoms with E-state index in [4.69, 9.17) is 0 Å². The number of nitrogens with zero attached hydrogens (tertiary/aromatic N) is 5. The molecule has 3 aromatic heterocycles. The number of hydrogen-bond donors (Lipinski definition) is 1. The summed E-state index contributed by atoms with van der Waals surface area (Å²) >= 11 is 0. The minimum atomic E-state index is -0.127. The SMILES string of the molecule is Cc1nccn1C1CCCN(c2nccc3c(=O)[nH]cnc23)C1. The first kappa shape index (κ1) is 13.9. The summed E-state index contributed by atoms with van der Waals surface area (Å²) in [5, 5.41) is 0.582. The van der Waals surface area contributed by atoms with Crippen LogP contribution in [0.1, 0.15) is 24.7 Å². The van der Waals surface area contributed by atoms with Gasteiger partial charge in [0.15, 0.2) is 5.82 Å². The second kappa shape index (κ2) is 5.49. The third-order valence-corrected chi connectivity index (χ3v) is 4.49. The minimum Gasteiger partial charge on any atom is -0.353 e. The number of anilines is 1. The molecular weight excluding hydrogens is 292 g/mol. The Morgan fingerprint density at radius 2 is 2.17 bits per heavy atom. The number of aromatic nitrogens is 5. The lowest BCUT2D eigenvalue weighted by atomic mass is 10.1. The lowest BCUT2D eigenvalue weighted by Crippen LogP contribution is -2.37. The molecule has 1 unspecified atom stereocenters. The van der Waals surface area contributed by atoms with Crippen LogP contribution in [-0.2, 0) is 0 Å². The van der Waals surface area contributed by atoms with Gasteiger partial charge in [0.2, 0.25) is 0 Å². The fraction of sp³-hybridized carbons (Fsp3) is 0.375. The average molecular weight is 310 g/mol. The summed E-state index contributed by atoms with van der Waals surface area (Å²) < 4.78 is 2.22. The Morgan fingerprint density at radius 1 is 1.26 bits per heavy atom. The van der Waals surface area contributed by atoms with Crippen LogP contribution in [0, 0.1) is 6.92 Å². The molecule has 0 spiro atoms. The van der Waals surface area contributed by atoms with E-state index in [0.29, 0.717) is 16.9 Å². The molecule has 4 rings (SSSR count). The van der Waals surface area contributed by atoms with E-state index in [1.54, 1.807) is 12.3 Å². The summed E-state index contributed by atoms with van der Waals surface area (Å²) in [5.41, 5.74) is 0.539. The number of nitrogens with one attached hydrogen (secondary N) is 1. The Labute approximate surface area is 133 Å². The van der Waals surface area contributed by atoms with Crippen LogP contribution in [0.3, 0.4) is 0 Å². The number of imidazole rings is 1. The van der Waals surface area contributed by atoms with E-state index < -0.39 is 0 Å². The van der Waals surface area contributed by atoms with Crippen LogP contribution < -0.4 is 10.5 Å². The van der Waals surface area contributed by atoms with Gasteiger partial charge in [-0.05, 0) is 25.8 Å². The molecule has 1 atom stereocenters. The number of aromatic amines is 1. The van der Waals surface area contributed by atoms with Crippen LogP contribution in [0.25, 0.3) is 10.9 Å². The van der Waals surface area contributed by atoms with Crippen LogP contribution in [0.5, 0.6) is 0 Å². The van der Waals surface area contributed by atoms with E-state index >= 15 is 0 Å². The first-order chi connectivity index (χ1) is 11.2. The van der Waals surface area contributed by atoms with Crippen LogP contribution in [0.4, 0.5) is 5.82 Å². The Hall–Kier alpha value is -2.70. The number of piperidine rings is 1. The minimum absolute atomic E-state index is 0.127. The molecule has 3 aromatic rings. The van der Waals surface area contributed by atoms with Gasteiger partial charge in [-0.2, -0.15) is 0 Å². The predicted octanol–water partition coefficient (Wildman–Crippen LogP) is 1.66. The van der Waals surface area contributed by atoms with E-state index in [-0.39, 0.29) is 5.56 Å². The summed E-state index contributed by atoms with van der Waals surface area (Å²) in [5.74, 6) is 1.81. The van der Waals surface area contributed by atoms with E-state index in [0.717, 1.165) is 37.6 Å². The number of H-pyrrole nitrogens is 1. The van der Waals surface area contributed by atoms with E-state index in [1.165, 1.54) is 6.33 Å². The molecule has 7 nitrogen and oxygen atoms in total. The summed E-state index contributed by atoms with van der Waals surface area (Å²) in [6, 6.07) is 2.08. The number of aryl methyl sites for hydroxylation is 1. The van der Waals surface area contributed by atoms with Crippen LogP contribution >= 0.6 is 0 Å². The van der Waals surface area contributed by atoms with Gasteiger partial charge in [-0.3, -0.25) is 4.79 Å². The van der Waals surface area contributed by atoms with Crippen molar-refractivity contribution in [2.45, 2.75) is 25.8 Å². The Bertz CT molecular complexity index is 899. The maximum atomic E-state index is 12.0. The van der Waals surface area contributed by atoms with Crippen molar-refractivity contribution in [1.29, 1.82) is 0 Å². The Kier molecular flexibility index (Phi) is 3.33. The van der Waals surface area contributed by atoms with E-state index in [9.17, 15) is 4.79 Å². The maximum absolute atomic E-state index is 12.0. The molecule has 1 aliphatic rings. The van der Waals surface area contributed by atoms with Crippen LogP contribution in [0.2, 0.25) is 0 Å². The second-order valence-corrected chi connectivity index (χ2v) is 5.89. The molecule has 1 aliphatic heterocycles. The molecule has 0 saturated carbocycles. The molecule has 1 N–H and O–H groups in total. The third kappa shape index (κ3) is 2.38. The lowest BCUT2D eigenvalue weighted by molar-refractivity contribution is 0.398. The molecular formula is C16H18N6O. The van der Waals surface area contributed by atoms with Gasteiger partial charge in [0.25, 0.3) is 5.56 Å². The van der Waals surface area contributed by atoms with Crippen molar-refractivity contribution in [2.24, 2.45) is 0 Å². The zero-order valence-electron chi connectivity index (χ0n) is 12.9. The number of fused-ring (bicyclic) bond motifs is 1. The van der Waals surface area contributed by atoms with Crippen LogP contribution in [0.15, 0.2) is 35.8 Å². The number of pyridine rings is 1. The third-order valence-electron chi connectivity index (χ3n) is 4.49. The highest BCUT2D eigenvalue weighted by molar-refractivity contribution is 5.87. The van der Waals surface area contributed by atoms with Gasteiger partial charge in [0, 0.05) is 31.7 Å². The average Bonchev–Trinajstić information content (AvgIpc) is 3.01. The van der Waals surface area contributed by atoms with E-state index in [2.05, 4.69) is 29.4 Å². The molecule has 0 aliphatic carbocycles. The summed E-state index contributed by atoms with van der Waals surface area (Å²) in [6.45, 7) is 3.79. The zero-order valence-corrected chi connectivity index (χ0v) is 12.9. The zero-order chi connectivity index (χ0) is 15.8. The number of hydrogen-bond acceptors (Lipinski definition) is 5. The molecule has 0 aromatic carbocycles. The quantitative estimate of drug-likeness (QED) is 0.779. The summed E-state index contributed by atoms with van der Waals surface area (Å²) in [7, 11) is 0. The van der Waals surface area contributed by atoms with Gasteiger partial charge in [0.05, 0.1) is 17.8 Å². The van der Waals surface area contributed by atoms with Crippen LogP contribution in [-0.4, -0.2) is 37.6 Å². The van der Waals surface area contributed by atoms with Crippen molar-refractivity contribution < 1.29 is 0 Å². The highest BCUT2D eigenvalue weighted by Crippen LogP contribution is 2.28. The van der Waals surface area contributed by atoms with Crippen molar-refractivity contribution in [2.75, 3.05) is 18.0 Å².